The fraction of sp³-hybridized carbons (Fsp3) is 0.571. The highest BCUT2D eigenvalue weighted by Gasteiger charge is 2.03. The minimum atomic E-state index is 0.481. The van der Waals surface area contributed by atoms with E-state index in [9.17, 15) is 0 Å². The molecule has 3 heteroatoms. The van der Waals surface area contributed by atoms with Crippen LogP contribution < -0.4 is 10.1 Å². The van der Waals surface area contributed by atoms with Gasteiger partial charge in [0, 0.05) is 12.6 Å². The minimum absolute atomic E-state index is 0.481. The van der Waals surface area contributed by atoms with Crippen molar-refractivity contribution in [2.75, 3.05) is 6.61 Å². The molecule has 0 atom stereocenters. The van der Waals surface area contributed by atoms with Crippen LogP contribution in [0.25, 0.3) is 0 Å². The highest BCUT2D eigenvalue weighted by molar-refractivity contribution is 6.32. The number of unbranched alkanes of at least 4 members (excludes halogenated alkanes) is 1. The number of hydrogen-bond donors (Lipinski definition) is 1. The summed E-state index contributed by atoms with van der Waals surface area (Å²) in [4.78, 5) is 0. The first-order chi connectivity index (χ1) is 8.13. The van der Waals surface area contributed by atoms with Gasteiger partial charge in [-0.1, -0.05) is 44.9 Å². The standard InChI is InChI=1S/C14H22ClNO/c1-4-5-8-17-14-7-6-12(9-13(14)15)10-16-11(2)3/h6-7,9,11,16H,4-5,8,10H2,1-3H3. The predicted molar refractivity (Wildman–Crippen MR) is 73.8 cm³/mol. The second kappa shape index (κ2) is 7.57. The summed E-state index contributed by atoms with van der Waals surface area (Å²) in [5, 5.41) is 4.06. The number of hydrogen-bond acceptors (Lipinski definition) is 2. The van der Waals surface area contributed by atoms with Crippen molar-refractivity contribution in [3.8, 4) is 5.75 Å². The second-order valence-electron chi connectivity index (χ2n) is 4.50. The Hall–Kier alpha value is -0.730. The van der Waals surface area contributed by atoms with Crippen LogP contribution in [0.2, 0.25) is 5.02 Å². The minimum Gasteiger partial charge on any atom is -0.492 e. The lowest BCUT2D eigenvalue weighted by Crippen LogP contribution is -2.21. The largest absolute Gasteiger partial charge is 0.492 e. The molecule has 1 N–H and O–H groups in total. The van der Waals surface area contributed by atoms with Crippen LogP contribution in [-0.2, 0) is 6.54 Å². The van der Waals surface area contributed by atoms with Gasteiger partial charge in [0.15, 0.2) is 0 Å². The maximum atomic E-state index is 6.17. The zero-order valence-electron chi connectivity index (χ0n) is 10.9. The SMILES string of the molecule is CCCCOc1ccc(CNC(C)C)cc1Cl. The van der Waals surface area contributed by atoms with E-state index in [1.807, 2.05) is 12.1 Å². The Balaban J connectivity index is 2.53. The van der Waals surface area contributed by atoms with E-state index in [2.05, 4.69) is 32.2 Å². The maximum Gasteiger partial charge on any atom is 0.137 e. The molecule has 0 bridgehead atoms. The highest BCUT2D eigenvalue weighted by Crippen LogP contribution is 2.25. The molecule has 0 saturated heterocycles. The lowest BCUT2D eigenvalue weighted by molar-refractivity contribution is 0.309. The fourth-order valence-corrected chi connectivity index (χ4v) is 1.68. The van der Waals surface area contributed by atoms with Crippen LogP contribution in [0.5, 0.6) is 5.75 Å². The molecule has 1 aromatic rings. The number of halogens is 1. The summed E-state index contributed by atoms with van der Waals surface area (Å²) in [6, 6.07) is 6.46. The van der Waals surface area contributed by atoms with E-state index in [0.717, 1.165) is 31.7 Å². The molecule has 1 rings (SSSR count). The Kier molecular flexibility index (Phi) is 6.38. The highest BCUT2D eigenvalue weighted by atomic mass is 35.5. The molecule has 0 saturated carbocycles. The fourth-order valence-electron chi connectivity index (χ4n) is 1.42. The normalized spacial score (nSPS) is 10.9. The zero-order chi connectivity index (χ0) is 12.7. The quantitative estimate of drug-likeness (QED) is 0.743. The van der Waals surface area contributed by atoms with Crippen LogP contribution in [0.15, 0.2) is 18.2 Å². The van der Waals surface area contributed by atoms with Crippen molar-refractivity contribution in [3.05, 3.63) is 28.8 Å². The lowest BCUT2D eigenvalue weighted by Gasteiger charge is -2.11. The van der Waals surface area contributed by atoms with Gasteiger partial charge in [-0.3, -0.25) is 0 Å². The first kappa shape index (κ1) is 14.3. The number of rotatable bonds is 7. The van der Waals surface area contributed by atoms with Crippen LogP contribution in [0.3, 0.4) is 0 Å². The van der Waals surface area contributed by atoms with Gasteiger partial charge in [-0.2, -0.15) is 0 Å². The first-order valence-corrected chi connectivity index (χ1v) is 6.66. The number of benzene rings is 1. The van der Waals surface area contributed by atoms with Crippen molar-refractivity contribution in [2.24, 2.45) is 0 Å². The lowest BCUT2D eigenvalue weighted by atomic mass is 10.2. The molecular weight excluding hydrogens is 234 g/mol. The van der Waals surface area contributed by atoms with Crippen molar-refractivity contribution in [1.82, 2.24) is 5.32 Å². The first-order valence-electron chi connectivity index (χ1n) is 6.28. The third-order valence-corrected chi connectivity index (χ3v) is 2.76. The third kappa shape index (κ3) is 5.42. The van der Waals surface area contributed by atoms with Gasteiger partial charge in [0.2, 0.25) is 0 Å². The molecule has 0 aliphatic carbocycles. The van der Waals surface area contributed by atoms with E-state index in [-0.39, 0.29) is 0 Å². The molecule has 0 radical (unpaired) electrons. The zero-order valence-corrected chi connectivity index (χ0v) is 11.7. The van der Waals surface area contributed by atoms with E-state index < -0.39 is 0 Å². The van der Waals surface area contributed by atoms with Gasteiger partial charge >= 0.3 is 0 Å². The van der Waals surface area contributed by atoms with Gasteiger partial charge in [0.25, 0.3) is 0 Å². The Morgan fingerprint density at radius 1 is 1.35 bits per heavy atom. The third-order valence-electron chi connectivity index (χ3n) is 2.47. The topological polar surface area (TPSA) is 21.3 Å². The number of nitrogens with one attached hydrogen (secondary N) is 1. The second-order valence-corrected chi connectivity index (χ2v) is 4.91. The summed E-state index contributed by atoms with van der Waals surface area (Å²) in [6.07, 6.45) is 2.20. The molecule has 0 spiro atoms. The monoisotopic (exact) mass is 255 g/mol. The molecule has 0 fully saturated rings. The van der Waals surface area contributed by atoms with Gasteiger partial charge in [0.1, 0.15) is 5.75 Å². The van der Waals surface area contributed by atoms with E-state index in [1.54, 1.807) is 0 Å². The molecule has 0 heterocycles. The molecule has 0 aliphatic rings. The van der Waals surface area contributed by atoms with Crippen LogP contribution in [0.1, 0.15) is 39.2 Å². The summed E-state index contributed by atoms with van der Waals surface area (Å²) in [7, 11) is 0. The summed E-state index contributed by atoms with van der Waals surface area (Å²) >= 11 is 6.17. The van der Waals surface area contributed by atoms with Gasteiger partial charge in [-0.15, -0.1) is 0 Å². The average molecular weight is 256 g/mol. The van der Waals surface area contributed by atoms with Crippen molar-refractivity contribution in [2.45, 2.75) is 46.2 Å². The Labute approximate surface area is 109 Å². The predicted octanol–water partition coefficient (Wildman–Crippen LogP) is 4.02. The summed E-state index contributed by atoms with van der Waals surface area (Å²) in [6.45, 7) is 7.98. The number of ether oxygens (including phenoxy) is 1. The van der Waals surface area contributed by atoms with Crippen molar-refractivity contribution in [1.29, 1.82) is 0 Å². The van der Waals surface area contributed by atoms with E-state index in [1.165, 1.54) is 5.56 Å². The molecule has 0 aliphatic heterocycles. The molecule has 0 amide bonds. The maximum absolute atomic E-state index is 6.17. The Morgan fingerprint density at radius 3 is 2.71 bits per heavy atom. The molecule has 2 nitrogen and oxygen atoms in total. The van der Waals surface area contributed by atoms with Gasteiger partial charge in [-0.05, 0) is 24.1 Å². The van der Waals surface area contributed by atoms with Crippen LogP contribution >= 0.6 is 11.6 Å². The molecular formula is C14H22ClNO. The summed E-state index contributed by atoms with van der Waals surface area (Å²) in [5.74, 6) is 0.786. The Morgan fingerprint density at radius 2 is 2.12 bits per heavy atom. The molecule has 0 unspecified atom stereocenters. The average Bonchev–Trinajstić information content (AvgIpc) is 2.29. The van der Waals surface area contributed by atoms with Crippen molar-refractivity contribution >= 4 is 11.6 Å². The van der Waals surface area contributed by atoms with E-state index >= 15 is 0 Å². The van der Waals surface area contributed by atoms with Crippen LogP contribution in [-0.4, -0.2) is 12.6 Å². The summed E-state index contributed by atoms with van der Waals surface area (Å²) < 4.78 is 5.61. The van der Waals surface area contributed by atoms with Crippen molar-refractivity contribution in [3.63, 3.8) is 0 Å². The molecule has 96 valence electrons. The summed E-state index contributed by atoms with van der Waals surface area (Å²) in [5.41, 5.74) is 1.19. The smallest absolute Gasteiger partial charge is 0.137 e. The van der Waals surface area contributed by atoms with Crippen molar-refractivity contribution < 1.29 is 4.74 Å². The van der Waals surface area contributed by atoms with Crippen LogP contribution in [0.4, 0.5) is 0 Å². The van der Waals surface area contributed by atoms with E-state index in [0.29, 0.717) is 11.1 Å². The molecule has 0 aromatic heterocycles. The molecule has 17 heavy (non-hydrogen) atoms. The molecule has 1 aromatic carbocycles. The van der Waals surface area contributed by atoms with Gasteiger partial charge in [0.05, 0.1) is 11.6 Å². The van der Waals surface area contributed by atoms with Gasteiger partial charge < -0.3 is 10.1 Å². The van der Waals surface area contributed by atoms with E-state index in [4.69, 9.17) is 16.3 Å². The van der Waals surface area contributed by atoms with Crippen LogP contribution in [0, 0.1) is 0 Å². The van der Waals surface area contributed by atoms with Gasteiger partial charge in [-0.25, -0.2) is 0 Å². The Bertz CT molecular complexity index is 339.